The molecule has 1 aromatic rings. The van der Waals surface area contributed by atoms with Crippen LogP contribution in [0.1, 0.15) is 49.0 Å². The van der Waals surface area contributed by atoms with Gasteiger partial charge in [0.25, 0.3) is 5.91 Å². The Morgan fingerprint density at radius 2 is 2.05 bits per heavy atom. The van der Waals surface area contributed by atoms with E-state index in [0.29, 0.717) is 23.5 Å². The fourth-order valence-corrected chi connectivity index (χ4v) is 2.84. The van der Waals surface area contributed by atoms with E-state index in [4.69, 9.17) is 6.42 Å². The number of terminal acetylenes is 1. The van der Waals surface area contributed by atoms with Gasteiger partial charge >= 0.3 is 0 Å². The van der Waals surface area contributed by atoms with Crippen LogP contribution in [0.5, 0.6) is 5.75 Å². The fraction of sp³-hybridized carbons (Fsp3) is 0.412. The maximum atomic E-state index is 12.5. The summed E-state index contributed by atoms with van der Waals surface area (Å²) in [4.78, 5) is 14.8. The Balaban J connectivity index is 3.16. The molecule has 0 aliphatic rings. The Hall–Kier alpha value is -2.06. The van der Waals surface area contributed by atoms with Gasteiger partial charge < -0.3 is 10.0 Å². The van der Waals surface area contributed by atoms with E-state index in [1.165, 1.54) is 0 Å². The summed E-state index contributed by atoms with van der Waals surface area (Å²) in [7, 11) is 0. The van der Waals surface area contributed by atoms with Crippen molar-refractivity contribution >= 4 is 23.0 Å². The zero-order valence-electron chi connectivity index (χ0n) is 13.3. The van der Waals surface area contributed by atoms with Crippen LogP contribution in [0, 0.1) is 12.3 Å². The molecule has 0 spiro atoms. The molecule has 0 fully saturated rings. The molecule has 1 amide bonds. The predicted octanol–water partition coefficient (Wildman–Crippen LogP) is 3.70. The summed E-state index contributed by atoms with van der Waals surface area (Å²) in [5.74, 6) is 2.12. The Morgan fingerprint density at radius 3 is 2.55 bits per heavy atom. The van der Waals surface area contributed by atoms with Crippen molar-refractivity contribution in [1.29, 1.82) is 0 Å². The predicted molar refractivity (Wildman–Crippen MR) is 91.9 cm³/mol. The zero-order valence-corrected chi connectivity index (χ0v) is 14.1. The minimum Gasteiger partial charge on any atom is -0.504 e. The molecule has 0 bridgehead atoms. The van der Waals surface area contributed by atoms with Gasteiger partial charge in [0.05, 0.1) is 4.88 Å². The second-order valence-electron chi connectivity index (χ2n) is 4.77. The highest BCUT2D eigenvalue weighted by Crippen LogP contribution is 2.34. The van der Waals surface area contributed by atoms with E-state index in [1.807, 2.05) is 26.8 Å². The van der Waals surface area contributed by atoms with Gasteiger partial charge in [0.1, 0.15) is 0 Å². The van der Waals surface area contributed by atoms with Gasteiger partial charge in [0.15, 0.2) is 11.4 Å². The van der Waals surface area contributed by atoms with Crippen molar-refractivity contribution in [3.63, 3.8) is 0 Å². The molecule has 1 heterocycles. The molecule has 0 unspecified atom stereocenters. The van der Waals surface area contributed by atoms with Crippen LogP contribution in [0.4, 0.5) is 0 Å². The average Bonchev–Trinajstić information content (AvgIpc) is 2.88. The first-order valence-corrected chi connectivity index (χ1v) is 8.15. The van der Waals surface area contributed by atoms with E-state index in [2.05, 4.69) is 10.3 Å². The maximum absolute atomic E-state index is 12.5. The van der Waals surface area contributed by atoms with Gasteiger partial charge in [-0.25, -0.2) is 0 Å². The van der Waals surface area contributed by atoms with E-state index < -0.39 is 0 Å². The topological polar surface area (TPSA) is 53.4 Å². The molecule has 0 saturated carbocycles. The molecule has 0 radical (unpaired) electrons. The summed E-state index contributed by atoms with van der Waals surface area (Å²) in [5.41, 5.74) is 0.783. The van der Waals surface area contributed by atoms with Gasteiger partial charge in [0.2, 0.25) is 0 Å². The zero-order chi connectivity index (χ0) is 16.5. The van der Waals surface area contributed by atoms with Crippen molar-refractivity contribution in [2.24, 2.45) is 0 Å². The van der Waals surface area contributed by atoms with Crippen LogP contribution in [0.25, 0.3) is 5.57 Å². The summed E-state index contributed by atoms with van der Waals surface area (Å²) >= 11 is 1.08. The molecule has 1 rings (SSSR count). The normalized spacial score (nSPS) is 11.6. The highest BCUT2D eigenvalue weighted by Gasteiger charge is 2.24. The minimum atomic E-state index is -0.232. The Kier molecular flexibility index (Phi) is 7.41. The van der Waals surface area contributed by atoms with Crippen LogP contribution in [0.15, 0.2) is 18.2 Å². The summed E-state index contributed by atoms with van der Waals surface area (Å²) in [6.45, 7) is 7.20. The van der Waals surface area contributed by atoms with E-state index in [-0.39, 0.29) is 17.4 Å². The molecule has 1 N–H and O–H groups in total. The van der Waals surface area contributed by atoms with Gasteiger partial charge in [-0.3, -0.25) is 4.79 Å². The number of aromatic nitrogens is 1. The van der Waals surface area contributed by atoms with Gasteiger partial charge in [-0.15, -0.1) is 6.42 Å². The number of allylic oxidation sites excluding steroid dienone is 4. The third kappa shape index (κ3) is 4.22. The van der Waals surface area contributed by atoms with Crippen molar-refractivity contribution in [2.45, 2.75) is 33.6 Å². The van der Waals surface area contributed by atoms with Gasteiger partial charge in [0, 0.05) is 18.7 Å². The lowest BCUT2D eigenvalue weighted by Crippen LogP contribution is -2.32. The summed E-state index contributed by atoms with van der Waals surface area (Å²) in [5, 5.41) is 10.4. The molecule has 4 nitrogen and oxygen atoms in total. The van der Waals surface area contributed by atoms with Crippen molar-refractivity contribution in [3.8, 4) is 18.1 Å². The number of nitrogens with zero attached hydrogens (tertiary/aromatic N) is 2. The maximum Gasteiger partial charge on any atom is 0.277 e. The minimum absolute atomic E-state index is 0.0909. The number of aromatic hydroxyl groups is 1. The van der Waals surface area contributed by atoms with Gasteiger partial charge in [-0.2, -0.15) is 4.37 Å². The summed E-state index contributed by atoms with van der Waals surface area (Å²) in [6, 6.07) is 0. The molecular formula is C17H22N2O2S. The lowest BCUT2D eigenvalue weighted by molar-refractivity contribution is 0.0748. The van der Waals surface area contributed by atoms with Gasteiger partial charge in [-0.05, 0) is 37.4 Å². The number of hydrogen-bond acceptors (Lipinski definition) is 4. The highest BCUT2D eigenvalue weighted by atomic mass is 32.1. The second-order valence-corrected chi connectivity index (χ2v) is 5.54. The number of hydrogen-bond donors (Lipinski definition) is 1. The Labute approximate surface area is 136 Å². The van der Waals surface area contributed by atoms with E-state index >= 15 is 0 Å². The Bertz CT molecular complexity index is 603. The summed E-state index contributed by atoms with van der Waals surface area (Å²) < 4.78 is 4.14. The van der Waals surface area contributed by atoms with Crippen LogP contribution >= 0.6 is 11.5 Å². The number of amides is 1. The molecular weight excluding hydrogens is 296 g/mol. The standard InChI is InChI=1S/C17H22N2O2S/c1-5-9-13(10-6-2)16-15(20)14(18-22-16)17(21)19(11-7-3)12-8-4/h1,6,9-10,20H,7-8,11-12H2,2-4H3/b10-6-,13-9+. The second kappa shape index (κ2) is 9.06. The SMILES string of the molecule is C#C/C=C(\C=C/C)c1snc(C(=O)N(CCC)CCC)c1O. The molecule has 0 aliphatic heterocycles. The first-order chi connectivity index (χ1) is 10.6. The van der Waals surface area contributed by atoms with Crippen LogP contribution in [-0.4, -0.2) is 33.4 Å². The molecule has 5 heteroatoms. The largest absolute Gasteiger partial charge is 0.504 e. The van der Waals surface area contributed by atoms with Crippen molar-refractivity contribution in [2.75, 3.05) is 13.1 Å². The molecule has 1 aromatic heterocycles. The molecule has 0 aliphatic carbocycles. The number of carbonyl (C=O) groups excluding carboxylic acids is 1. The number of carbonyl (C=O) groups is 1. The molecule has 118 valence electrons. The average molecular weight is 318 g/mol. The molecule has 0 atom stereocenters. The lowest BCUT2D eigenvalue weighted by Gasteiger charge is -2.20. The fourth-order valence-electron chi connectivity index (χ4n) is 2.08. The van der Waals surface area contributed by atoms with Crippen molar-refractivity contribution < 1.29 is 9.90 Å². The molecule has 22 heavy (non-hydrogen) atoms. The highest BCUT2D eigenvalue weighted by molar-refractivity contribution is 7.07. The molecule has 0 saturated heterocycles. The third-order valence-corrected chi connectivity index (χ3v) is 3.88. The number of rotatable bonds is 7. The lowest BCUT2D eigenvalue weighted by atomic mass is 10.1. The first-order valence-electron chi connectivity index (χ1n) is 7.37. The van der Waals surface area contributed by atoms with Crippen LogP contribution in [0.3, 0.4) is 0 Å². The van der Waals surface area contributed by atoms with Crippen LogP contribution < -0.4 is 0 Å². The van der Waals surface area contributed by atoms with Crippen LogP contribution in [0.2, 0.25) is 0 Å². The first kappa shape index (κ1) is 18.0. The smallest absolute Gasteiger partial charge is 0.277 e. The van der Waals surface area contributed by atoms with Crippen LogP contribution in [-0.2, 0) is 0 Å². The molecule has 0 aromatic carbocycles. The van der Waals surface area contributed by atoms with Crippen molar-refractivity contribution in [1.82, 2.24) is 9.27 Å². The third-order valence-electron chi connectivity index (χ3n) is 2.99. The quantitative estimate of drug-likeness (QED) is 0.616. The van der Waals surface area contributed by atoms with Gasteiger partial charge in [-0.1, -0.05) is 31.9 Å². The summed E-state index contributed by atoms with van der Waals surface area (Å²) in [6.07, 6.45) is 12.2. The van der Waals surface area contributed by atoms with E-state index in [9.17, 15) is 9.90 Å². The Morgan fingerprint density at radius 1 is 1.41 bits per heavy atom. The monoisotopic (exact) mass is 318 g/mol. The van der Waals surface area contributed by atoms with Crippen molar-refractivity contribution in [3.05, 3.63) is 28.8 Å². The van der Waals surface area contributed by atoms with E-state index in [0.717, 1.165) is 24.4 Å². The van der Waals surface area contributed by atoms with E-state index in [1.54, 1.807) is 17.1 Å².